The summed E-state index contributed by atoms with van der Waals surface area (Å²) in [6, 6.07) is 7.33. The van der Waals surface area contributed by atoms with E-state index in [1.165, 1.54) is 0 Å². The third-order valence-corrected chi connectivity index (χ3v) is 4.68. The highest BCUT2D eigenvalue weighted by Gasteiger charge is 2.18. The SMILES string of the molecule is CC(C)CCOCCn1cc(S(=O)(=O)Cl)c2ccccc21. The van der Waals surface area contributed by atoms with Crippen LogP contribution in [0.25, 0.3) is 10.9 Å². The molecule has 6 heteroatoms. The second kappa shape index (κ2) is 6.81. The highest BCUT2D eigenvalue weighted by atomic mass is 35.7. The molecule has 2 rings (SSSR count). The maximum Gasteiger partial charge on any atom is 0.263 e. The second-order valence-electron chi connectivity index (χ2n) is 5.44. The number of halogens is 1. The number of nitrogens with zero attached hydrogens (tertiary/aromatic N) is 1. The fourth-order valence-corrected chi connectivity index (χ4v) is 3.23. The van der Waals surface area contributed by atoms with Gasteiger partial charge in [0, 0.05) is 40.9 Å². The van der Waals surface area contributed by atoms with Gasteiger partial charge in [-0.15, -0.1) is 0 Å². The number of rotatable bonds is 7. The van der Waals surface area contributed by atoms with Crippen molar-refractivity contribution in [3.8, 4) is 0 Å². The lowest BCUT2D eigenvalue weighted by Gasteiger charge is -2.08. The van der Waals surface area contributed by atoms with E-state index >= 15 is 0 Å². The third-order valence-electron chi connectivity index (χ3n) is 3.33. The molecule has 0 bridgehead atoms. The van der Waals surface area contributed by atoms with E-state index in [9.17, 15) is 8.42 Å². The summed E-state index contributed by atoms with van der Waals surface area (Å²) in [4.78, 5) is 0.155. The predicted octanol–water partition coefficient (Wildman–Crippen LogP) is 3.63. The quantitative estimate of drug-likeness (QED) is 0.575. The first kappa shape index (κ1) is 16.3. The molecule has 116 valence electrons. The van der Waals surface area contributed by atoms with Gasteiger partial charge in [-0.2, -0.15) is 0 Å². The van der Waals surface area contributed by atoms with E-state index in [1.807, 2.05) is 16.7 Å². The number of benzene rings is 1. The lowest BCUT2D eigenvalue weighted by molar-refractivity contribution is 0.117. The summed E-state index contributed by atoms with van der Waals surface area (Å²) in [6.45, 7) is 6.18. The summed E-state index contributed by atoms with van der Waals surface area (Å²) < 4.78 is 30.7. The van der Waals surface area contributed by atoms with Crippen molar-refractivity contribution in [1.82, 2.24) is 4.57 Å². The Balaban J connectivity index is 2.14. The van der Waals surface area contributed by atoms with Gasteiger partial charge in [0.25, 0.3) is 9.05 Å². The van der Waals surface area contributed by atoms with Crippen LogP contribution in [0.4, 0.5) is 0 Å². The smallest absolute Gasteiger partial charge is 0.263 e. The molecule has 2 aromatic rings. The van der Waals surface area contributed by atoms with E-state index in [0.29, 0.717) is 24.5 Å². The summed E-state index contributed by atoms with van der Waals surface area (Å²) >= 11 is 0. The van der Waals surface area contributed by atoms with Crippen LogP contribution in [0.5, 0.6) is 0 Å². The van der Waals surface area contributed by atoms with Crippen LogP contribution in [0.15, 0.2) is 35.4 Å². The maximum absolute atomic E-state index is 11.6. The highest BCUT2D eigenvalue weighted by molar-refractivity contribution is 8.14. The summed E-state index contributed by atoms with van der Waals surface area (Å²) in [5.41, 5.74) is 0.851. The zero-order chi connectivity index (χ0) is 15.5. The topological polar surface area (TPSA) is 48.3 Å². The minimum Gasteiger partial charge on any atom is -0.380 e. The van der Waals surface area contributed by atoms with E-state index in [1.54, 1.807) is 18.3 Å². The Morgan fingerprint density at radius 3 is 2.62 bits per heavy atom. The van der Waals surface area contributed by atoms with Crippen LogP contribution >= 0.6 is 10.7 Å². The summed E-state index contributed by atoms with van der Waals surface area (Å²) in [7, 11) is 1.75. The predicted molar refractivity (Wildman–Crippen MR) is 85.3 cm³/mol. The molecular weight excluding hydrogens is 310 g/mol. The van der Waals surface area contributed by atoms with Gasteiger partial charge < -0.3 is 9.30 Å². The van der Waals surface area contributed by atoms with Crippen molar-refractivity contribution in [1.29, 1.82) is 0 Å². The van der Waals surface area contributed by atoms with E-state index in [-0.39, 0.29) is 4.90 Å². The molecule has 0 spiro atoms. The van der Waals surface area contributed by atoms with Crippen molar-refractivity contribution >= 4 is 30.6 Å². The number of para-hydroxylation sites is 1. The summed E-state index contributed by atoms with van der Waals surface area (Å²) in [6.07, 6.45) is 2.60. The van der Waals surface area contributed by atoms with Gasteiger partial charge in [0.05, 0.1) is 6.61 Å². The number of aromatic nitrogens is 1. The molecule has 4 nitrogen and oxygen atoms in total. The first-order valence-electron chi connectivity index (χ1n) is 7.00. The molecule has 1 aromatic heterocycles. The Morgan fingerprint density at radius 2 is 1.95 bits per heavy atom. The number of fused-ring (bicyclic) bond motifs is 1. The molecule has 0 amide bonds. The van der Waals surface area contributed by atoms with Gasteiger partial charge in [0.1, 0.15) is 4.90 Å². The molecule has 1 aromatic carbocycles. The lowest BCUT2D eigenvalue weighted by Crippen LogP contribution is -2.07. The minimum atomic E-state index is -3.74. The summed E-state index contributed by atoms with van der Waals surface area (Å²) in [5.74, 6) is 0.616. The first-order valence-corrected chi connectivity index (χ1v) is 9.31. The molecule has 0 saturated heterocycles. The van der Waals surface area contributed by atoms with E-state index in [4.69, 9.17) is 15.4 Å². The summed E-state index contributed by atoms with van der Waals surface area (Å²) in [5, 5.41) is 0.648. The lowest BCUT2D eigenvalue weighted by atomic mass is 10.1. The van der Waals surface area contributed by atoms with Gasteiger partial charge in [-0.05, 0) is 18.4 Å². The van der Waals surface area contributed by atoms with Crippen LogP contribution in [-0.4, -0.2) is 26.2 Å². The standard InChI is InChI=1S/C15H20ClNO3S/c1-12(2)7-9-20-10-8-17-11-15(21(16,18)19)13-5-3-4-6-14(13)17/h3-6,11-12H,7-10H2,1-2H3. The van der Waals surface area contributed by atoms with E-state index in [0.717, 1.165) is 18.5 Å². The molecular formula is C15H20ClNO3S. The average molecular weight is 330 g/mol. The Bertz CT molecular complexity index is 707. The zero-order valence-electron chi connectivity index (χ0n) is 12.3. The fraction of sp³-hybridized carbons (Fsp3) is 0.467. The largest absolute Gasteiger partial charge is 0.380 e. The molecule has 0 saturated carbocycles. The number of ether oxygens (including phenoxy) is 1. The van der Waals surface area contributed by atoms with Gasteiger partial charge in [0.15, 0.2) is 0 Å². The zero-order valence-corrected chi connectivity index (χ0v) is 13.8. The van der Waals surface area contributed by atoms with Crippen molar-refractivity contribution < 1.29 is 13.2 Å². The van der Waals surface area contributed by atoms with Gasteiger partial charge in [-0.25, -0.2) is 8.42 Å². The van der Waals surface area contributed by atoms with Crippen LogP contribution in [0.1, 0.15) is 20.3 Å². The Hall–Kier alpha value is -1.04. The van der Waals surface area contributed by atoms with Crippen LogP contribution < -0.4 is 0 Å². The fourth-order valence-electron chi connectivity index (χ4n) is 2.18. The Kier molecular flexibility index (Phi) is 5.30. The van der Waals surface area contributed by atoms with Gasteiger partial charge in [-0.1, -0.05) is 32.0 Å². The molecule has 0 radical (unpaired) electrons. The molecule has 0 fully saturated rings. The van der Waals surface area contributed by atoms with Crippen molar-refractivity contribution in [2.24, 2.45) is 5.92 Å². The van der Waals surface area contributed by atoms with Gasteiger partial charge >= 0.3 is 0 Å². The molecule has 1 heterocycles. The minimum absolute atomic E-state index is 0.155. The van der Waals surface area contributed by atoms with Crippen LogP contribution in [0.3, 0.4) is 0 Å². The molecule has 0 unspecified atom stereocenters. The average Bonchev–Trinajstić information content (AvgIpc) is 2.77. The Labute approximate surface area is 130 Å². The van der Waals surface area contributed by atoms with Crippen molar-refractivity contribution in [3.05, 3.63) is 30.5 Å². The third kappa shape index (κ3) is 4.22. The second-order valence-corrected chi connectivity index (χ2v) is 7.97. The monoisotopic (exact) mass is 329 g/mol. The maximum atomic E-state index is 11.6. The van der Waals surface area contributed by atoms with Crippen LogP contribution in [-0.2, 0) is 20.3 Å². The van der Waals surface area contributed by atoms with E-state index in [2.05, 4.69) is 13.8 Å². The van der Waals surface area contributed by atoms with Gasteiger partial charge in [0.2, 0.25) is 0 Å². The van der Waals surface area contributed by atoms with E-state index < -0.39 is 9.05 Å². The molecule has 0 atom stereocenters. The van der Waals surface area contributed by atoms with Crippen LogP contribution in [0.2, 0.25) is 0 Å². The first-order chi connectivity index (χ1) is 9.89. The molecule has 21 heavy (non-hydrogen) atoms. The molecule has 0 aliphatic heterocycles. The highest BCUT2D eigenvalue weighted by Crippen LogP contribution is 2.27. The molecule has 0 aliphatic rings. The van der Waals surface area contributed by atoms with Crippen molar-refractivity contribution in [3.63, 3.8) is 0 Å². The number of hydrogen-bond acceptors (Lipinski definition) is 3. The van der Waals surface area contributed by atoms with Crippen molar-refractivity contribution in [2.75, 3.05) is 13.2 Å². The van der Waals surface area contributed by atoms with Crippen molar-refractivity contribution in [2.45, 2.75) is 31.7 Å². The Morgan fingerprint density at radius 1 is 1.24 bits per heavy atom. The number of hydrogen-bond donors (Lipinski definition) is 0. The van der Waals surface area contributed by atoms with Gasteiger partial charge in [-0.3, -0.25) is 0 Å². The molecule has 0 N–H and O–H groups in total. The normalized spacial score (nSPS) is 12.4. The molecule has 0 aliphatic carbocycles. The van der Waals surface area contributed by atoms with Crippen LogP contribution in [0, 0.1) is 5.92 Å².